The first-order chi connectivity index (χ1) is 16.5. The number of likely N-dealkylation sites (tertiary alicyclic amines) is 1. The largest absolute Gasteiger partial charge is 0.488 e. The van der Waals surface area contributed by atoms with Crippen molar-refractivity contribution in [3.05, 3.63) is 48.8 Å². The Morgan fingerprint density at radius 3 is 2.41 bits per heavy atom. The van der Waals surface area contributed by atoms with Crippen LogP contribution in [0.5, 0.6) is 5.75 Å². The number of amides is 1. The Hall–Kier alpha value is -3.06. The number of ether oxygens (including phenoxy) is 1. The number of hydrogen-bond donors (Lipinski definition) is 0. The van der Waals surface area contributed by atoms with E-state index in [1.807, 2.05) is 15.6 Å². The smallest absolute Gasteiger partial charge is 0.225 e. The average Bonchev–Trinajstić information content (AvgIpc) is 3.58. The van der Waals surface area contributed by atoms with E-state index in [-0.39, 0.29) is 6.10 Å². The highest BCUT2D eigenvalue weighted by molar-refractivity contribution is 5.82. The second-order valence-electron chi connectivity index (χ2n) is 10.2. The normalized spacial score (nSPS) is 19.6. The minimum atomic E-state index is 0.289. The zero-order valence-electron chi connectivity index (χ0n) is 20.1. The molecule has 0 atom stereocenters. The molecule has 6 rings (SSSR count). The molecule has 0 radical (unpaired) electrons. The molecule has 2 aromatic heterocycles. The Morgan fingerprint density at radius 2 is 1.74 bits per heavy atom. The summed E-state index contributed by atoms with van der Waals surface area (Å²) in [5.41, 5.74) is 4.58. The van der Waals surface area contributed by atoms with Crippen LogP contribution in [0.2, 0.25) is 0 Å². The van der Waals surface area contributed by atoms with Crippen LogP contribution < -0.4 is 9.64 Å². The Balaban J connectivity index is 1.14. The van der Waals surface area contributed by atoms with E-state index in [2.05, 4.69) is 71.3 Å². The number of aromatic nitrogens is 2. The fourth-order valence-electron chi connectivity index (χ4n) is 5.07. The topological polar surface area (TPSA) is 53.3 Å². The SMILES string of the molecule is CC(C)N1CC(Oc2ccc(-c3cc4c(N5CCN(C(=O)C6CC6)CC5)ccnn4c3)cc2)C1. The van der Waals surface area contributed by atoms with Crippen LogP contribution in [0.25, 0.3) is 16.6 Å². The Bertz CT molecular complexity index is 1170. The van der Waals surface area contributed by atoms with Crippen LogP contribution in [0.1, 0.15) is 26.7 Å². The molecule has 2 saturated heterocycles. The predicted molar refractivity (Wildman–Crippen MR) is 133 cm³/mol. The molecule has 1 aliphatic carbocycles. The van der Waals surface area contributed by atoms with Crippen LogP contribution in [0, 0.1) is 5.92 Å². The second kappa shape index (κ2) is 8.62. The molecule has 3 aliphatic rings. The van der Waals surface area contributed by atoms with E-state index >= 15 is 0 Å². The number of rotatable bonds is 6. The van der Waals surface area contributed by atoms with E-state index in [1.165, 1.54) is 5.69 Å². The minimum Gasteiger partial charge on any atom is -0.488 e. The highest BCUT2D eigenvalue weighted by Gasteiger charge is 2.35. The fourth-order valence-corrected chi connectivity index (χ4v) is 5.07. The van der Waals surface area contributed by atoms with Crippen LogP contribution in [0.3, 0.4) is 0 Å². The number of fused-ring (bicyclic) bond motifs is 1. The first-order valence-electron chi connectivity index (χ1n) is 12.6. The molecular formula is C27H33N5O2. The first-order valence-corrected chi connectivity index (χ1v) is 12.6. The standard InChI is InChI=1S/C27H33N5O2/c1-19(2)31-17-24(18-31)34-23-7-5-20(6-8-23)22-15-26-25(9-10-28-32(26)16-22)29-11-13-30(14-12-29)27(33)21-3-4-21/h5-10,15-16,19,21,24H,3-4,11-14,17-18H2,1-2H3. The third-order valence-electron chi connectivity index (χ3n) is 7.44. The molecule has 4 heterocycles. The van der Waals surface area contributed by atoms with Crippen molar-refractivity contribution in [2.75, 3.05) is 44.2 Å². The number of piperazine rings is 1. The molecule has 7 nitrogen and oxygen atoms in total. The van der Waals surface area contributed by atoms with E-state index in [9.17, 15) is 4.79 Å². The monoisotopic (exact) mass is 459 g/mol. The van der Waals surface area contributed by atoms with Gasteiger partial charge >= 0.3 is 0 Å². The third kappa shape index (κ3) is 4.13. The lowest BCUT2D eigenvalue weighted by molar-refractivity contribution is -0.132. The van der Waals surface area contributed by atoms with Crippen molar-refractivity contribution < 1.29 is 9.53 Å². The first kappa shape index (κ1) is 21.5. The number of anilines is 1. The molecule has 2 aliphatic heterocycles. The zero-order chi connectivity index (χ0) is 23.2. The zero-order valence-corrected chi connectivity index (χ0v) is 20.1. The molecule has 0 spiro atoms. The van der Waals surface area contributed by atoms with Crippen molar-refractivity contribution >= 4 is 17.1 Å². The number of nitrogens with zero attached hydrogens (tertiary/aromatic N) is 5. The molecule has 3 fully saturated rings. The second-order valence-corrected chi connectivity index (χ2v) is 10.2. The summed E-state index contributed by atoms with van der Waals surface area (Å²) in [5, 5.41) is 4.55. The molecule has 34 heavy (non-hydrogen) atoms. The van der Waals surface area contributed by atoms with Gasteiger partial charge in [-0.25, -0.2) is 4.52 Å². The molecule has 0 unspecified atom stereocenters. The van der Waals surface area contributed by atoms with E-state index in [4.69, 9.17) is 4.74 Å². The van der Waals surface area contributed by atoms with Crippen molar-refractivity contribution in [2.24, 2.45) is 5.92 Å². The van der Waals surface area contributed by atoms with Crippen molar-refractivity contribution in [3.8, 4) is 16.9 Å². The maximum Gasteiger partial charge on any atom is 0.225 e. The lowest BCUT2D eigenvalue weighted by Gasteiger charge is -2.41. The van der Waals surface area contributed by atoms with Gasteiger partial charge in [-0.3, -0.25) is 9.69 Å². The maximum absolute atomic E-state index is 12.4. The molecule has 1 aromatic carbocycles. The molecular weight excluding hydrogens is 426 g/mol. The molecule has 1 saturated carbocycles. The van der Waals surface area contributed by atoms with Gasteiger partial charge in [0.05, 0.1) is 11.2 Å². The molecule has 1 amide bonds. The summed E-state index contributed by atoms with van der Waals surface area (Å²) in [6, 6.07) is 13.3. The number of benzene rings is 1. The molecule has 3 aromatic rings. The summed E-state index contributed by atoms with van der Waals surface area (Å²) >= 11 is 0. The van der Waals surface area contributed by atoms with Gasteiger partial charge in [0.1, 0.15) is 11.9 Å². The van der Waals surface area contributed by atoms with E-state index in [0.717, 1.165) is 74.5 Å². The van der Waals surface area contributed by atoms with Gasteiger partial charge in [0.25, 0.3) is 0 Å². The van der Waals surface area contributed by atoms with Crippen molar-refractivity contribution in [1.82, 2.24) is 19.4 Å². The van der Waals surface area contributed by atoms with Crippen LogP contribution in [0.4, 0.5) is 5.69 Å². The lowest BCUT2D eigenvalue weighted by Crippen LogP contribution is -2.56. The van der Waals surface area contributed by atoms with Crippen molar-refractivity contribution in [1.29, 1.82) is 0 Å². The van der Waals surface area contributed by atoms with Crippen LogP contribution in [-0.4, -0.2) is 76.7 Å². The molecule has 0 bridgehead atoms. The van der Waals surface area contributed by atoms with Crippen LogP contribution >= 0.6 is 0 Å². The number of hydrogen-bond acceptors (Lipinski definition) is 5. The molecule has 0 N–H and O–H groups in total. The summed E-state index contributed by atoms with van der Waals surface area (Å²) in [5.74, 6) is 1.58. The van der Waals surface area contributed by atoms with Gasteiger partial charge in [-0.05, 0) is 56.5 Å². The highest BCUT2D eigenvalue weighted by Crippen LogP contribution is 2.33. The quantitative estimate of drug-likeness (QED) is 0.565. The molecule has 178 valence electrons. The van der Waals surface area contributed by atoms with Crippen molar-refractivity contribution in [3.63, 3.8) is 0 Å². The van der Waals surface area contributed by atoms with Crippen molar-refractivity contribution in [2.45, 2.75) is 38.8 Å². The van der Waals surface area contributed by atoms with E-state index in [1.54, 1.807) is 0 Å². The number of carbonyl (C=O) groups is 1. The van der Waals surface area contributed by atoms with Gasteiger partial charge in [0.2, 0.25) is 5.91 Å². The van der Waals surface area contributed by atoms with Gasteiger partial charge in [0, 0.05) is 69.2 Å². The van der Waals surface area contributed by atoms with Gasteiger partial charge in [0.15, 0.2) is 0 Å². The average molecular weight is 460 g/mol. The Labute approximate surface area is 200 Å². The summed E-state index contributed by atoms with van der Waals surface area (Å²) in [6.45, 7) is 9.78. The van der Waals surface area contributed by atoms with Crippen LogP contribution in [-0.2, 0) is 4.79 Å². The molecule has 7 heteroatoms. The van der Waals surface area contributed by atoms with E-state index in [0.29, 0.717) is 17.9 Å². The summed E-state index contributed by atoms with van der Waals surface area (Å²) in [4.78, 5) is 19.2. The predicted octanol–water partition coefficient (Wildman–Crippen LogP) is 3.53. The maximum atomic E-state index is 12.4. The Morgan fingerprint density at radius 1 is 1.00 bits per heavy atom. The van der Waals surface area contributed by atoms with Gasteiger partial charge in [-0.2, -0.15) is 5.10 Å². The van der Waals surface area contributed by atoms with Gasteiger partial charge in [-0.1, -0.05) is 12.1 Å². The summed E-state index contributed by atoms with van der Waals surface area (Å²) in [6.07, 6.45) is 6.39. The lowest BCUT2D eigenvalue weighted by atomic mass is 10.1. The fraction of sp³-hybridized carbons (Fsp3) is 0.481. The summed E-state index contributed by atoms with van der Waals surface area (Å²) < 4.78 is 8.09. The minimum absolute atomic E-state index is 0.289. The van der Waals surface area contributed by atoms with Crippen LogP contribution in [0.15, 0.2) is 48.8 Å². The highest BCUT2D eigenvalue weighted by atomic mass is 16.5. The van der Waals surface area contributed by atoms with E-state index < -0.39 is 0 Å². The number of carbonyl (C=O) groups excluding carboxylic acids is 1. The van der Waals surface area contributed by atoms with Gasteiger partial charge < -0.3 is 14.5 Å². The Kier molecular flexibility index (Phi) is 5.44. The van der Waals surface area contributed by atoms with Gasteiger partial charge in [-0.15, -0.1) is 0 Å². The third-order valence-corrected chi connectivity index (χ3v) is 7.44. The summed E-state index contributed by atoms with van der Waals surface area (Å²) in [7, 11) is 0.